The van der Waals surface area contributed by atoms with Crippen molar-refractivity contribution in [3.05, 3.63) is 11.8 Å². The number of esters is 1. The van der Waals surface area contributed by atoms with E-state index in [0.717, 1.165) is 0 Å². The molecule has 0 aliphatic heterocycles. The Morgan fingerprint density at radius 3 is 2.42 bits per heavy atom. The maximum absolute atomic E-state index is 10.8. The third kappa shape index (κ3) is 5.46. The Hall–Kier alpha value is -1.32. The van der Waals surface area contributed by atoms with E-state index in [-0.39, 0.29) is 5.91 Å². The molecule has 0 aliphatic rings. The van der Waals surface area contributed by atoms with Gasteiger partial charge in [0.1, 0.15) is 0 Å². The van der Waals surface area contributed by atoms with E-state index in [1.807, 2.05) is 0 Å². The Labute approximate surface area is 71.6 Å². The molecule has 0 fully saturated rings. The van der Waals surface area contributed by atoms with Gasteiger partial charge in [0.05, 0.1) is 6.61 Å². The number of hydrogen-bond donors (Lipinski definition) is 1. The van der Waals surface area contributed by atoms with Gasteiger partial charge in [0, 0.05) is 18.7 Å². The highest BCUT2D eigenvalue weighted by Crippen LogP contribution is 1.88. The van der Waals surface area contributed by atoms with Crippen molar-refractivity contribution in [2.45, 2.75) is 20.8 Å². The van der Waals surface area contributed by atoms with Crippen LogP contribution in [0.5, 0.6) is 0 Å². The van der Waals surface area contributed by atoms with Crippen LogP contribution < -0.4 is 5.32 Å². The molecule has 68 valence electrons. The normalized spacial score (nSPS) is 10.8. The van der Waals surface area contributed by atoms with E-state index in [1.54, 1.807) is 13.8 Å². The second-order valence-corrected chi connectivity index (χ2v) is 2.26. The number of carbonyl (C=O) groups excluding carboxylic acids is 2. The van der Waals surface area contributed by atoms with Gasteiger partial charge in [-0.15, -0.1) is 0 Å². The summed E-state index contributed by atoms with van der Waals surface area (Å²) in [6.45, 7) is 5.06. The molecule has 0 atom stereocenters. The first-order chi connectivity index (χ1) is 5.56. The summed E-state index contributed by atoms with van der Waals surface area (Å²) >= 11 is 0. The lowest BCUT2D eigenvalue weighted by molar-refractivity contribution is -0.137. The van der Waals surface area contributed by atoms with E-state index >= 15 is 0 Å². The van der Waals surface area contributed by atoms with E-state index < -0.39 is 5.97 Å². The molecule has 0 saturated carbocycles. The standard InChI is InChI=1S/C8H13NO3/c1-4-12-8(11)5-6(2)9-7(3)10/h5H,4H2,1-3H3,(H,9,10)/b6-5-. The van der Waals surface area contributed by atoms with Crippen LogP contribution in [0.4, 0.5) is 0 Å². The van der Waals surface area contributed by atoms with Gasteiger partial charge >= 0.3 is 5.97 Å². The largest absolute Gasteiger partial charge is 0.463 e. The molecule has 0 heterocycles. The third-order valence-corrected chi connectivity index (χ3v) is 0.994. The second-order valence-electron chi connectivity index (χ2n) is 2.26. The molecule has 4 nitrogen and oxygen atoms in total. The maximum Gasteiger partial charge on any atom is 0.332 e. The van der Waals surface area contributed by atoms with Crippen molar-refractivity contribution < 1.29 is 14.3 Å². The molecule has 1 N–H and O–H groups in total. The van der Waals surface area contributed by atoms with Crippen molar-refractivity contribution in [3.8, 4) is 0 Å². The monoisotopic (exact) mass is 171 g/mol. The zero-order chi connectivity index (χ0) is 9.56. The van der Waals surface area contributed by atoms with Gasteiger partial charge in [-0.2, -0.15) is 0 Å². The lowest BCUT2D eigenvalue weighted by atomic mass is 10.4. The number of allylic oxidation sites excluding steroid dienone is 1. The second kappa shape index (κ2) is 5.35. The third-order valence-electron chi connectivity index (χ3n) is 0.994. The quantitative estimate of drug-likeness (QED) is 0.499. The fraction of sp³-hybridized carbons (Fsp3) is 0.500. The van der Waals surface area contributed by atoms with Crippen LogP contribution >= 0.6 is 0 Å². The van der Waals surface area contributed by atoms with Crippen LogP contribution in [0.2, 0.25) is 0 Å². The molecule has 1 amide bonds. The van der Waals surface area contributed by atoms with Gasteiger partial charge in [0.2, 0.25) is 5.91 Å². The number of hydrogen-bond acceptors (Lipinski definition) is 3. The number of carbonyl (C=O) groups is 2. The lowest BCUT2D eigenvalue weighted by Gasteiger charge is -2.00. The van der Waals surface area contributed by atoms with Crippen LogP contribution in [0.15, 0.2) is 11.8 Å². The SMILES string of the molecule is CCOC(=O)/C=C(/C)NC(C)=O. The smallest absolute Gasteiger partial charge is 0.332 e. The zero-order valence-electron chi connectivity index (χ0n) is 7.51. The molecule has 0 aromatic carbocycles. The Morgan fingerprint density at radius 2 is 2.00 bits per heavy atom. The summed E-state index contributed by atoms with van der Waals surface area (Å²) in [6.07, 6.45) is 1.24. The van der Waals surface area contributed by atoms with Crippen LogP contribution in [0.25, 0.3) is 0 Å². The van der Waals surface area contributed by atoms with E-state index in [4.69, 9.17) is 0 Å². The van der Waals surface area contributed by atoms with E-state index in [9.17, 15) is 9.59 Å². The highest BCUT2D eigenvalue weighted by molar-refractivity contribution is 5.84. The fourth-order valence-corrected chi connectivity index (χ4v) is 0.674. The van der Waals surface area contributed by atoms with Gasteiger partial charge in [0.25, 0.3) is 0 Å². The summed E-state index contributed by atoms with van der Waals surface area (Å²) in [5, 5.41) is 2.45. The molecular formula is C8H13NO3. The summed E-state index contributed by atoms with van der Waals surface area (Å²) in [5.74, 6) is -0.642. The zero-order valence-corrected chi connectivity index (χ0v) is 7.51. The lowest BCUT2D eigenvalue weighted by Crippen LogP contribution is -2.18. The van der Waals surface area contributed by atoms with Crippen molar-refractivity contribution in [1.29, 1.82) is 0 Å². The molecule has 0 radical (unpaired) electrons. The van der Waals surface area contributed by atoms with Gasteiger partial charge in [-0.1, -0.05) is 0 Å². The molecule has 0 unspecified atom stereocenters. The molecule has 12 heavy (non-hydrogen) atoms. The van der Waals surface area contributed by atoms with Crippen LogP contribution in [-0.2, 0) is 14.3 Å². The first-order valence-corrected chi connectivity index (χ1v) is 3.69. The van der Waals surface area contributed by atoms with Crippen molar-refractivity contribution in [3.63, 3.8) is 0 Å². The van der Waals surface area contributed by atoms with Crippen molar-refractivity contribution >= 4 is 11.9 Å². The minimum absolute atomic E-state index is 0.201. The molecule has 0 aliphatic carbocycles. The van der Waals surface area contributed by atoms with Gasteiger partial charge in [-0.05, 0) is 13.8 Å². The van der Waals surface area contributed by atoms with E-state index in [0.29, 0.717) is 12.3 Å². The van der Waals surface area contributed by atoms with Crippen LogP contribution in [0.1, 0.15) is 20.8 Å². The number of nitrogens with one attached hydrogen (secondary N) is 1. The van der Waals surface area contributed by atoms with Crippen LogP contribution in [0, 0.1) is 0 Å². The van der Waals surface area contributed by atoms with Crippen LogP contribution in [0.3, 0.4) is 0 Å². The van der Waals surface area contributed by atoms with E-state index in [2.05, 4.69) is 10.1 Å². The maximum atomic E-state index is 10.8. The Balaban J connectivity index is 3.97. The summed E-state index contributed by atoms with van der Waals surface area (Å²) in [7, 11) is 0. The summed E-state index contributed by atoms with van der Waals surface area (Å²) in [5.41, 5.74) is 0.487. The molecule has 0 bridgehead atoms. The Kier molecular flexibility index (Phi) is 4.76. The highest BCUT2D eigenvalue weighted by Gasteiger charge is 1.98. The summed E-state index contributed by atoms with van der Waals surface area (Å²) in [4.78, 5) is 21.3. The van der Waals surface area contributed by atoms with E-state index in [1.165, 1.54) is 13.0 Å². The topological polar surface area (TPSA) is 55.4 Å². The molecule has 4 heteroatoms. The fourth-order valence-electron chi connectivity index (χ4n) is 0.674. The van der Waals surface area contributed by atoms with Crippen LogP contribution in [-0.4, -0.2) is 18.5 Å². The molecular weight excluding hydrogens is 158 g/mol. The Bertz CT molecular complexity index is 208. The number of amides is 1. The van der Waals surface area contributed by atoms with Crippen molar-refractivity contribution in [2.75, 3.05) is 6.61 Å². The summed E-state index contributed by atoms with van der Waals surface area (Å²) < 4.78 is 4.63. The van der Waals surface area contributed by atoms with Gasteiger partial charge in [0.15, 0.2) is 0 Å². The average Bonchev–Trinajstić information content (AvgIpc) is 1.84. The first kappa shape index (κ1) is 10.7. The molecule has 0 saturated heterocycles. The number of ether oxygens (including phenoxy) is 1. The van der Waals surface area contributed by atoms with Gasteiger partial charge in [-0.3, -0.25) is 4.79 Å². The molecule has 0 aromatic rings. The molecule has 0 rings (SSSR count). The summed E-state index contributed by atoms with van der Waals surface area (Å²) in [6, 6.07) is 0. The molecule has 0 spiro atoms. The first-order valence-electron chi connectivity index (χ1n) is 3.69. The number of rotatable bonds is 3. The van der Waals surface area contributed by atoms with Gasteiger partial charge < -0.3 is 10.1 Å². The van der Waals surface area contributed by atoms with Gasteiger partial charge in [-0.25, -0.2) is 4.79 Å². The van der Waals surface area contributed by atoms with Crippen molar-refractivity contribution in [2.24, 2.45) is 0 Å². The minimum atomic E-state index is -0.441. The predicted molar refractivity (Wildman–Crippen MR) is 44.2 cm³/mol. The Morgan fingerprint density at radius 1 is 1.42 bits per heavy atom. The average molecular weight is 171 g/mol. The van der Waals surface area contributed by atoms with Crippen molar-refractivity contribution in [1.82, 2.24) is 5.32 Å². The highest BCUT2D eigenvalue weighted by atomic mass is 16.5. The predicted octanol–water partition coefficient (Wildman–Crippen LogP) is 0.589. The minimum Gasteiger partial charge on any atom is -0.463 e. The molecule has 0 aromatic heterocycles.